The summed E-state index contributed by atoms with van der Waals surface area (Å²) in [6.45, 7) is 6.55. The number of hydrogen-bond acceptors (Lipinski definition) is 4. The van der Waals surface area contributed by atoms with E-state index in [-0.39, 0.29) is 5.92 Å². The molecular formula is C16H29NO5. The van der Waals surface area contributed by atoms with Crippen molar-refractivity contribution in [3.63, 3.8) is 0 Å². The van der Waals surface area contributed by atoms with Crippen LogP contribution in [0.15, 0.2) is 0 Å². The van der Waals surface area contributed by atoms with Crippen molar-refractivity contribution in [2.24, 2.45) is 11.8 Å². The lowest BCUT2D eigenvalue weighted by Gasteiger charge is -2.35. The van der Waals surface area contributed by atoms with Gasteiger partial charge in [-0.1, -0.05) is 27.2 Å². The lowest BCUT2D eigenvalue weighted by Crippen LogP contribution is -2.46. The predicted molar refractivity (Wildman–Crippen MR) is 81.9 cm³/mol. The molecule has 0 aromatic heterocycles. The fourth-order valence-corrected chi connectivity index (χ4v) is 2.84. The Bertz CT molecular complexity index is 341. The second-order valence-electron chi connectivity index (χ2n) is 6.30. The van der Waals surface area contributed by atoms with E-state index in [9.17, 15) is 14.7 Å². The van der Waals surface area contributed by atoms with Crippen LogP contribution in [0.25, 0.3) is 0 Å². The number of hydroxylamine groups is 2. The second-order valence-corrected chi connectivity index (χ2v) is 6.30. The average molecular weight is 315 g/mol. The summed E-state index contributed by atoms with van der Waals surface area (Å²) in [5.74, 6) is -1.28. The van der Waals surface area contributed by atoms with Gasteiger partial charge in [-0.2, -0.15) is 0 Å². The number of ether oxygens (including phenoxy) is 1. The lowest BCUT2D eigenvalue weighted by molar-refractivity contribution is -0.290. The maximum atomic E-state index is 11.6. The number of carbonyl (C=O) groups is 2. The van der Waals surface area contributed by atoms with Crippen LogP contribution in [0.3, 0.4) is 0 Å². The molecule has 2 unspecified atom stereocenters. The molecular weight excluding hydrogens is 286 g/mol. The van der Waals surface area contributed by atoms with Crippen LogP contribution in [0.4, 0.5) is 0 Å². The van der Waals surface area contributed by atoms with E-state index in [1.165, 1.54) is 5.06 Å². The zero-order valence-electron chi connectivity index (χ0n) is 13.9. The fourth-order valence-electron chi connectivity index (χ4n) is 2.84. The Kier molecular flexibility index (Phi) is 8.42. The number of rotatable bonds is 10. The third-order valence-corrected chi connectivity index (χ3v) is 3.90. The van der Waals surface area contributed by atoms with Gasteiger partial charge in [0.15, 0.2) is 6.29 Å². The van der Waals surface area contributed by atoms with Crippen molar-refractivity contribution in [2.45, 2.75) is 71.6 Å². The summed E-state index contributed by atoms with van der Waals surface area (Å²) in [6, 6.07) is -0.465. The molecule has 0 radical (unpaired) electrons. The lowest BCUT2D eigenvalue weighted by atomic mass is 9.88. The fraction of sp³-hybridized carbons (Fsp3) is 0.875. The summed E-state index contributed by atoms with van der Waals surface area (Å²) in [7, 11) is 0. The highest BCUT2D eigenvalue weighted by atomic mass is 16.8. The van der Waals surface area contributed by atoms with E-state index in [0.717, 1.165) is 25.7 Å². The minimum atomic E-state index is -0.882. The highest BCUT2D eigenvalue weighted by Gasteiger charge is 2.34. The SMILES string of the molecule is CCCC(C(CC(C)C)C(=O)O)N(C=O)O[C@H]1CCCCO1. The van der Waals surface area contributed by atoms with Crippen molar-refractivity contribution in [1.29, 1.82) is 0 Å². The van der Waals surface area contributed by atoms with Gasteiger partial charge in [-0.15, -0.1) is 0 Å². The van der Waals surface area contributed by atoms with Gasteiger partial charge in [0.1, 0.15) is 0 Å². The van der Waals surface area contributed by atoms with Crippen molar-refractivity contribution in [3.05, 3.63) is 0 Å². The number of amides is 1. The Morgan fingerprint density at radius 1 is 1.45 bits per heavy atom. The predicted octanol–water partition coefficient (Wildman–Crippen LogP) is 2.82. The largest absolute Gasteiger partial charge is 0.481 e. The molecule has 1 N–H and O–H groups in total. The molecule has 1 heterocycles. The van der Waals surface area contributed by atoms with Crippen molar-refractivity contribution >= 4 is 12.4 Å². The molecule has 0 spiro atoms. The van der Waals surface area contributed by atoms with Crippen LogP contribution in [0.2, 0.25) is 0 Å². The Morgan fingerprint density at radius 2 is 2.18 bits per heavy atom. The molecule has 1 rings (SSSR count). The van der Waals surface area contributed by atoms with E-state index >= 15 is 0 Å². The average Bonchev–Trinajstić information content (AvgIpc) is 2.49. The van der Waals surface area contributed by atoms with Gasteiger partial charge < -0.3 is 9.84 Å². The quantitative estimate of drug-likeness (QED) is 0.495. The molecule has 1 aliphatic heterocycles. The third kappa shape index (κ3) is 5.93. The van der Waals surface area contributed by atoms with Gasteiger partial charge in [-0.25, -0.2) is 9.90 Å². The first kappa shape index (κ1) is 18.9. The van der Waals surface area contributed by atoms with Crippen molar-refractivity contribution in [1.82, 2.24) is 5.06 Å². The van der Waals surface area contributed by atoms with Crippen LogP contribution in [0, 0.1) is 11.8 Å². The number of carbonyl (C=O) groups excluding carboxylic acids is 1. The van der Waals surface area contributed by atoms with Gasteiger partial charge in [-0.3, -0.25) is 9.59 Å². The Morgan fingerprint density at radius 3 is 2.64 bits per heavy atom. The van der Waals surface area contributed by atoms with Gasteiger partial charge in [0.2, 0.25) is 6.41 Å². The van der Waals surface area contributed by atoms with Gasteiger partial charge >= 0.3 is 5.97 Å². The molecule has 0 aliphatic carbocycles. The number of nitrogens with zero attached hydrogens (tertiary/aromatic N) is 1. The standard InChI is InChI=1S/C16H29NO5/c1-4-7-14(13(16(19)20)10-12(2)3)17(11-18)22-15-8-5-6-9-21-15/h11-15H,4-10H2,1-3H3,(H,19,20)/t13?,14?,15-/m0/s1. The summed E-state index contributed by atoms with van der Waals surface area (Å²) in [6.07, 6.45) is 4.74. The van der Waals surface area contributed by atoms with E-state index in [1.807, 2.05) is 20.8 Å². The first-order chi connectivity index (χ1) is 10.5. The van der Waals surface area contributed by atoms with Gasteiger partial charge in [0, 0.05) is 13.0 Å². The summed E-state index contributed by atoms with van der Waals surface area (Å²) < 4.78 is 5.49. The highest BCUT2D eigenvalue weighted by Crippen LogP contribution is 2.25. The molecule has 3 atom stereocenters. The molecule has 6 nitrogen and oxygen atoms in total. The van der Waals surface area contributed by atoms with E-state index < -0.39 is 24.2 Å². The topological polar surface area (TPSA) is 76.1 Å². The molecule has 0 aromatic rings. The molecule has 1 fully saturated rings. The van der Waals surface area contributed by atoms with Gasteiger partial charge in [0.25, 0.3) is 0 Å². The van der Waals surface area contributed by atoms with Crippen LogP contribution in [0.1, 0.15) is 59.3 Å². The maximum absolute atomic E-state index is 11.6. The molecule has 6 heteroatoms. The van der Waals surface area contributed by atoms with Crippen LogP contribution in [-0.4, -0.2) is 41.5 Å². The second kappa shape index (κ2) is 9.79. The summed E-state index contributed by atoms with van der Waals surface area (Å²) in [5.41, 5.74) is 0. The molecule has 1 amide bonds. The van der Waals surface area contributed by atoms with Crippen molar-refractivity contribution < 1.29 is 24.3 Å². The van der Waals surface area contributed by atoms with Crippen molar-refractivity contribution in [2.75, 3.05) is 6.61 Å². The van der Waals surface area contributed by atoms with Crippen molar-refractivity contribution in [3.8, 4) is 0 Å². The molecule has 1 saturated heterocycles. The number of aliphatic carboxylic acids is 1. The molecule has 22 heavy (non-hydrogen) atoms. The van der Waals surface area contributed by atoms with E-state index in [2.05, 4.69) is 0 Å². The summed E-state index contributed by atoms with van der Waals surface area (Å²) in [4.78, 5) is 28.7. The Balaban J connectivity index is 2.81. The smallest absolute Gasteiger partial charge is 0.308 e. The third-order valence-electron chi connectivity index (χ3n) is 3.90. The first-order valence-corrected chi connectivity index (χ1v) is 8.24. The minimum absolute atomic E-state index is 0.236. The van der Waals surface area contributed by atoms with Crippen LogP contribution < -0.4 is 0 Å². The zero-order valence-corrected chi connectivity index (χ0v) is 13.9. The van der Waals surface area contributed by atoms with Crippen LogP contribution in [0.5, 0.6) is 0 Å². The van der Waals surface area contributed by atoms with E-state index in [0.29, 0.717) is 25.9 Å². The minimum Gasteiger partial charge on any atom is -0.481 e. The summed E-state index contributed by atoms with van der Waals surface area (Å²) >= 11 is 0. The monoisotopic (exact) mass is 315 g/mol. The Labute approximate surface area is 132 Å². The molecule has 0 aromatic carbocycles. The van der Waals surface area contributed by atoms with Crippen LogP contribution >= 0.6 is 0 Å². The number of carboxylic acid groups (broad SMARTS) is 1. The normalized spacial score (nSPS) is 21.4. The van der Waals surface area contributed by atoms with E-state index in [1.54, 1.807) is 0 Å². The zero-order chi connectivity index (χ0) is 16.5. The molecule has 128 valence electrons. The number of hydrogen-bond donors (Lipinski definition) is 1. The number of carboxylic acids is 1. The molecule has 0 bridgehead atoms. The van der Waals surface area contributed by atoms with E-state index in [4.69, 9.17) is 9.57 Å². The van der Waals surface area contributed by atoms with Gasteiger partial charge in [-0.05, 0) is 31.6 Å². The highest BCUT2D eigenvalue weighted by molar-refractivity contribution is 5.71. The molecule has 0 saturated carbocycles. The maximum Gasteiger partial charge on any atom is 0.308 e. The van der Waals surface area contributed by atoms with Gasteiger partial charge in [0.05, 0.1) is 12.0 Å². The summed E-state index contributed by atoms with van der Waals surface area (Å²) in [5, 5.41) is 10.7. The Hall–Kier alpha value is -1.14. The van der Waals surface area contributed by atoms with Crippen LogP contribution in [-0.2, 0) is 19.2 Å². The molecule has 1 aliphatic rings. The first-order valence-electron chi connectivity index (χ1n) is 8.24.